The average Bonchev–Trinajstić information content (AvgIpc) is 2.82. The Kier molecular flexibility index (Phi) is 5.39. The van der Waals surface area contributed by atoms with Crippen LogP contribution in [-0.2, 0) is 22.1 Å². The monoisotopic (exact) mass is 373 g/mol. The van der Waals surface area contributed by atoms with Crippen LogP contribution >= 0.6 is 0 Å². The Morgan fingerprint density at radius 3 is 2.38 bits per heavy atom. The normalized spacial score (nSPS) is 22.4. The maximum atomic E-state index is 11.0. The fraction of sp³-hybridized carbons (Fsp3) is 0.429. The molecule has 26 heavy (non-hydrogen) atoms. The number of hydrogen-bond donors (Lipinski definition) is 1. The molecular formula is C21H27NO3S. The fourth-order valence-corrected chi connectivity index (χ4v) is 4.68. The Balaban J connectivity index is 1.80. The zero-order valence-corrected chi connectivity index (χ0v) is 16.2. The zero-order chi connectivity index (χ0) is 18.8. The smallest absolute Gasteiger partial charge is 0.264 e. The van der Waals surface area contributed by atoms with Gasteiger partial charge >= 0.3 is 0 Å². The number of rotatable bonds is 7. The van der Waals surface area contributed by atoms with Gasteiger partial charge in [-0.1, -0.05) is 61.9 Å². The van der Waals surface area contributed by atoms with Crippen LogP contribution in [-0.4, -0.2) is 24.8 Å². The molecule has 2 atom stereocenters. The first-order valence-corrected chi connectivity index (χ1v) is 10.8. The third-order valence-electron chi connectivity index (χ3n) is 5.76. The summed E-state index contributed by atoms with van der Waals surface area (Å²) in [5.74, 6) is -0.160. The highest BCUT2D eigenvalue weighted by molar-refractivity contribution is 7.85. The predicted molar refractivity (Wildman–Crippen MR) is 106 cm³/mol. The first kappa shape index (κ1) is 18.9. The molecule has 0 saturated carbocycles. The van der Waals surface area contributed by atoms with Crippen molar-refractivity contribution in [2.75, 3.05) is 10.7 Å². The van der Waals surface area contributed by atoms with Gasteiger partial charge in [-0.05, 0) is 37.0 Å². The highest BCUT2D eigenvalue weighted by Gasteiger charge is 2.44. The van der Waals surface area contributed by atoms with Crippen molar-refractivity contribution in [3.05, 3.63) is 65.7 Å². The SMILES string of the molecule is CC1N(Cc2ccccc2)c2ccccc2C1(C)CCCCS(=O)(=O)O. The topological polar surface area (TPSA) is 57.6 Å². The average molecular weight is 374 g/mol. The molecule has 1 N–H and O–H groups in total. The minimum atomic E-state index is -3.88. The van der Waals surface area contributed by atoms with Crippen LogP contribution in [0.5, 0.6) is 0 Å². The van der Waals surface area contributed by atoms with Crippen LogP contribution in [0.15, 0.2) is 54.6 Å². The van der Waals surface area contributed by atoms with Crippen LogP contribution in [0.25, 0.3) is 0 Å². The van der Waals surface area contributed by atoms with E-state index in [1.807, 2.05) is 6.07 Å². The van der Waals surface area contributed by atoms with Crippen molar-refractivity contribution in [1.29, 1.82) is 0 Å². The van der Waals surface area contributed by atoms with Gasteiger partial charge in [-0.3, -0.25) is 4.55 Å². The molecule has 0 saturated heterocycles. The van der Waals surface area contributed by atoms with E-state index < -0.39 is 10.1 Å². The lowest BCUT2D eigenvalue weighted by molar-refractivity contribution is 0.362. The Labute approximate surface area is 156 Å². The summed E-state index contributed by atoms with van der Waals surface area (Å²) in [5, 5.41) is 0. The van der Waals surface area contributed by atoms with Gasteiger partial charge in [0, 0.05) is 23.7 Å². The molecule has 0 aromatic heterocycles. The molecule has 0 fully saturated rings. The van der Waals surface area contributed by atoms with E-state index in [2.05, 4.69) is 67.3 Å². The third kappa shape index (κ3) is 3.94. The lowest BCUT2D eigenvalue weighted by Crippen LogP contribution is -2.40. The summed E-state index contributed by atoms with van der Waals surface area (Å²) in [6, 6.07) is 19.3. The number of anilines is 1. The zero-order valence-electron chi connectivity index (χ0n) is 15.4. The third-order valence-corrected chi connectivity index (χ3v) is 6.57. The van der Waals surface area contributed by atoms with Gasteiger partial charge in [0.25, 0.3) is 10.1 Å². The van der Waals surface area contributed by atoms with Gasteiger partial charge < -0.3 is 4.90 Å². The molecule has 1 heterocycles. The number of hydrogen-bond acceptors (Lipinski definition) is 3. The molecule has 0 aliphatic carbocycles. The molecule has 0 spiro atoms. The van der Waals surface area contributed by atoms with Crippen molar-refractivity contribution >= 4 is 15.8 Å². The molecule has 0 bridgehead atoms. The molecule has 3 rings (SSSR count). The quantitative estimate of drug-likeness (QED) is 0.577. The Hall–Kier alpha value is -1.85. The first-order valence-electron chi connectivity index (χ1n) is 9.16. The highest BCUT2D eigenvalue weighted by atomic mass is 32.2. The standard InChI is InChI=1S/C21H27NO3S/c1-17-21(2,14-8-9-15-26(23,24)25)19-12-6-7-13-20(19)22(17)16-18-10-4-3-5-11-18/h3-7,10-13,17H,8-9,14-16H2,1-2H3,(H,23,24,25). The van der Waals surface area contributed by atoms with Crippen molar-refractivity contribution in [2.24, 2.45) is 0 Å². The lowest BCUT2D eigenvalue weighted by atomic mass is 9.75. The van der Waals surface area contributed by atoms with Crippen LogP contribution < -0.4 is 4.90 Å². The van der Waals surface area contributed by atoms with Crippen LogP contribution in [0.3, 0.4) is 0 Å². The van der Waals surface area contributed by atoms with Crippen LogP contribution in [0.2, 0.25) is 0 Å². The number of nitrogens with zero attached hydrogens (tertiary/aromatic N) is 1. The van der Waals surface area contributed by atoms with Crippen molar-refractivity contribution in [1.82, 2.24) is 0 Å². The van der Waals surface area contributed by atoms with Gasteiger partial charge in [0.05, 0.1) is 5.75 Å². The van der Waals surface area contributed by atoms with Crippen molar-refractivity contribution in [3.8, 4) is 0 Å². The van der Waals surface area contributed by atoms with Gasteiger partial charge in [0.15, 0.2) is 0 Å². The second-order valence-electron chi connectivity index (χ2n) is 7.47. The summed E-state index contributed by atoms with van der Waals surface area (Å²) < 4.78 is 30.9. The molecule has 0 radical (unpaired) electrons. The van der Waals surface area contributed by atoms with E-state index in [4.69, 9.17) is 4.55 Å². The van der Waals surface area contributed by atoms with E-state index in [0.29, 0.717) is 12.5 Å². The second kappa shape index (κ2) is 7.41. The van der Waals surface area contributed by atoms with E-state index in [1.165, 1.54) is 16.8 Å². The highest BCUT2D eigenvalue weighted by Crippen LogP contribution is 2.48. The molecule has 0 amide bonds. The van der Waals surface area contributed by atoms with E-state index in [-0.39, 0.29) is 11.2 Å². The molecule has 140 valence electrons. The molecule has 2 unspecified atom stereocenters. The van der Waals surface area contributed by atoms with Gasteiger partial charge in [-0.15, -0.1) is 0 Å². The first-order chi connectivity index (χ1) is 12.3. The maximum Gasteiger partial charge on any atom is 0.264 e. The molecule has 2 aromatic carbocycles. The van der Waals surface area contributed by atoms with Crippen molar-refractivity contribution < 1.29 is 13.0 Å². The minimum Gasteiger partial charge on any atom is -0.363 e. The van der Waals surface area contributed by atoms with E-state index >= 15 is 0 Å². The number of unbranched alkanes of at least 4 members (excludes halogenated alkanes) is 1. The van der Waals surface area contributed by atoms with E-state index in [0.717, 1.165) is 19.4 Å². The van der Waals surface area contributed by atoms with Crippen LogP contribution in [0.4, 0.5) is 5.69 Å². The molecule has 2 aromatic rings. The van der Waals surface area contributed by atoms with Crippen LogP contribution in [0.1, 0.15) is 44.2 Å². The molecular weight excluding hydrogens is 346 g/mol. The Morgan fingerprint density at radius 2 is 1.69 bits per heavy atom. The Bertz CT molecular complexity index is 851. The summed E-state index contributed by atoms with van der Waals surface area (Å²) >= 11 is 0. The van der Waals surface area contributed by atoms with Gasteiger partial charge in [0.2, 0.25) is 0 Å². The molecule has 1 aliphatic rings. The minimum absolute atomic E-state index is 0.0371. The molecule has 1 aliphatic heterocycles. The summed E-state index contributed by atoms with van der Waals surface area (Å²) in [6.07, 6.45) is 2.15. The van der Waals surface area contributed by atoms with E-state index in [9.17, 15) is 8.42 Å². The maximum absolute atomic E-state index is 11.0. The molecule has 4 nitrogen and oxygen atoms in total. The molecule has 5 heteroatoms. The predicted octanol–water partition coefficient (Wildman–Crippen LogP) is 4.41. The summed E-state index contributed by atoms with van der Waals surface area (Å²) in [6.45, 7) is 5.39. The number of benzene rings is 2. The lowest BCUT2D eigenvalue weighted by Gasteiger charge is -2.34. The van der Waals surface area contributed by atoms with E-state index in [1.54, 1.807) is 0 Å². The number of para-hydroxylation sites is 1. The Morgan fingerprint density at radius 1 is 1.04 bits per heavy atom. The second-order valence-corrected chi connectivity index (χ2v) is 9.04. The van der Waals surface area contributed by atoms with Crippen LogP contribution in [0, 0.1) is 0 Å². The summed E-state index contributed by atoms with van der Waals surface area (Å²) in [5.41, 5.74) is 3.84. The van der Waals surface area contributed by atoms with Crippen molar-refractivity contribution in [3.63, 3.8) is 0 Å². The van der Waals surface area contributed by atoms with Gasteiger partial charge in [-0.2, -0.15) is 8.42 Å². The summed E-state index contributed by atoms with van der Waals surface area (Å²) in [4.78, 5) is 2.45. The fourth-order valence-electron chi connectivity index (χ4n) is 4.11. The van der Waals surface area contributed by atoms with Gasteiger partial charge in [-0.25, -0.2) is 0 Å². The van der Waals surface area contributed by atoms with Crippen molar-refractivity contribution in [2.45, 2.75) is 51.1 Å². The number of fused-ring (bicyclic) bond motifs is 1. The largest absolute Gasteiger partial charge is 0.363 e. The van der Waals surface area contributed by atoms with Gasteiger partial charge in [0.1, 0.15) is 0 Å². The summed E-state index contributed by atoms with van der Waals surface area (Å²) in [7, 11) is -3.88.